The topological polar surface area (TPSA) is 164 Å². The Morgan fingerprint density at radius 2 is 1.47 bits per heavy atom. The van der Waals surface area contributed by atoms with Gasteiger partial charge in [-0.3, -0.25) is 33.7 Å². The Hall–Kier alpha value is -3.84. The number of rotatable bonds is 10. The van der Waals surface area contributed by atoms with Gasteiger partial charge in [-0.15, -0.1) is 0 Å². The van der Waals surface area contributed by atoms with Crippen molar-refractivity contribution in [2.45, 2.75) is 64.8 Å². The van der Waals surface area contributed by atoms with Gasteiger partial charge in [-0.1, -0.05) is 12.1 Å². The van der Waals surface area contributed by atoms with Crippen molar-refractivity contribution < 1.29 is 52.5 Å². The maximum Gasteiger partial charge on any atom is 0.303 e. The smallest absolute Gasteiger partial charge is 0.303 e. The number of amides is 3. The number of nitrogens with one attached hydrogen (secondary N) is 1. The highest BCUT2D eigenvalue weighted by Gasteiger charge is 2.51. The number of ether oxygens (including phenoxy) is 5. The average molecular weight is 535 g/mol. The summed E-state index contributed by atoms with van der Waals surface area (Å²) in [4.78, 5) is 73.4. The molecular formula is C25H30N2O11. The molecule has 0 aromatic heterocycles. The van der Waals surface area contributed by atoms with E-state index in [1.807, 2.05) is 0 Å². The number of imide groups is 1. The molecule has 1 aromatic carbocycles. The predicted molar refractivity (Wildman–Crippen MR) is 126 cm³/mol. The molecule has 0 unspecified atom stereocenters. The van der Waals surface area contributed by atoms with E-state index < -0.39 is 66.3 Å². The van der Waals surface area contributed by atoms with Crippen LogP contribution in [0.2, 0.25) is 0 Å². The molecule has 0 radical (unpaired) electrons. The van der Waals surface area contributed by atoms with Crippen molar-refractivity contribution in [1.82, 2.24) is 10.2 Å². The van der Waals surface area contributed by atoms with E-state index >= 15 is 0 Å². The van der Waals surface area contributed by atoms with E-state index in [1.54, 1.807) is 24.3 Å². The summed E-state index contributed by atoms with van der Waals surface area (Å²) in [5.74, 6) is -3.38. The van der Waals surface area contributed by atoms with Crippen molar-refractivity contribution in [3.05, 3.63) is 35.4 Å². The standard InChI is InChI=1S/C25H30N2O11/c1-13(28)26-20-22(37-16(4)31)21(36-15(3)30)19(12-35-14(2)29)38-25(20)34-11-7-10-27-23(32)17-8-5-6-9-18(17)24(27)33/h5-6,8-9,19-22,25H,7,10-12H2,1-4H3,(H,26,28)/t19-,20+,21-,22-,25-/m1/s1. The molecule has 3 amide bonds. The molecule has 0 spiro atoms. The minimum absolute atomic E-state index is 0.0283. The molecule has 0 saturated carbocycles. The lowest BCUT2D eigenvalue weighted by Crippen LogP contribution is -2.66. The molecule has 13 nitrogen and oxygen atoms in total. The normalized spacial score (nSPS) is 24.4. The Kier molecular flexibility index (Phi) is 9.53. The third-order valence-electron chi connectivity index (χ3n) is 5.76. The van der Waals surface area contributed by atoms with E-state index in [4.69, 9.17) is 23.7 Å². The first-order valence-electron chi connectivity index (χ1n) is 12.0. The number of hydrogen-bond donors (Lipinski definition) is 1. The summed E-state index contributed by atoms with van der Waals surface area (Å²) in [5.41, 5.74) is 0.655. The van der Waals surface area contributed by atoms with Crippen LogP contribution in [0.4, 0.5) is 0 Å². The first-order valence-corrected chi connectivity index (χ1v) is 12.0. The number of esters is 3. The molecule has 0 aliphatic carbocycles. The van der Waals surface area contributed by atoms with Gasteiger partial charge in [0.1, 0.15) is 18.8 Å². The van der Waals surface area contributed by atoms with Gasteiger partial charge >= 0.3 is 17.9 Å². The van der Waals surface area contributed by atoms with Crippen molar-refractivity contribution in [3.63, 3.8) is 0 Å². The highest BCUT2D eigenvalue weighted by atomic mass is 16.7. The van der Waals surface area contributed by atoms with Crippen LogP contribution in [-0.4, -0.2) is 90.9 Å². The molecule has 2 aliphatic rings. The zero-order valence-corrected chi connectivity index (χ0v) is 21.5. The molecule has 3 rings (SSSR count). The third kappa shape index (κ3) is 6.92. The SMILES string of the molecule is CC(=O)N[C@@H]1[C@H](OCCCN2C(=O)c3ccccc3C2=O)O[C@H](COC(C)=O)[C@@H](OC(C)=O)[C@@H]1OC(C)=O. The van der Waals surface area contributed by atoms with Crippen molar-refractivity contribution in [3.8, 4) is 0 Å². The number of nitrogens with zero attached hydrogens (tertiary/aromatic N) is 1. The molecule has 0 bridgehead atoms. The van der Waals surface area contributed by atoms with Gasteiger partial charge in [-0.25, -0.2) is 0 Å². The molecule has 1 fully saturated rings. The van der Waals surface area contributed by atoms with Crippen molar-refractivity contribution in [1.29, 1.82) is 0 Å². The van der Waals surface area contributed by atoms with Crippen LogP contribution in [-0.2, 0) is 42.9 Å². The summed E-state index contributed by atoms with van der Waals surface area (Å²) in [7, 11) is 0. The number of hydrogen-bond acceptors (Lipinski definition) is 11. The Bertz CT molecular complexity index is 1070. The maximum absolute atomic E-state index is 12.6. The van der Waals surface area contributed by atoms with Gasteiger partial charge in [0.05, 0.1) is 17.7 Å². The van der Waals surface area contributed by atoms with E-state index in [1.165, 1.54) is 13.8 Å². The van der Waals surface area contributed by atoms with Crippen molar-refractivity contribution in [2.75, 3.05) is 19.8 Å². The van der Waals surface area contributed by atoms with Gasteiger partial charge in [-0.05, 0) is 18.6 Å². The van der Waals surface area contributed by atoms with Gasteiger partial charge in [0.2, 0.25) is 5.91 Å². The Morgan fingerprint density at radius 1 is 0.895 bits per heavy atom. The van der Waals surface area contributed by atoms with E-state index in [0.29, 0.717) is 11.1 Å². The first kappa shape index (κ1) is 28.7. The highest BCUT2D eigenvalue weighted by Crippen LogP contribution is 2.28. The van der Waals surface area contributed by atoms with Gasteiger partial charge in [0.25, 0.3) is 11.8 Å². The third-order valence-corrected chi connectivity index (χ3v) is 5.76. The summed E-state index contributed by atoms with van der Waals surface area (Å²) in [6.07, 6.45) is -4.57. The molecule has 2 heterocycles. The molecule has 1 N–H and O–H groups in total. The van der Waals surface area contributed by atoms with Crippen LogP contribution in [0.5, 0.6) is 0 Å². The first-order chi connectivity index (χ1) is 18.0. The number of carbonyl (C=O) groups is 6. The average Bonchev–Trinajstić information content (AvgIpc) is 3.08. The molecular weight excluding hydrogens is 504 g/mol. The van der Waals surface area contributed by atoms with Crippen LogP contribution in [0, 0.1) is 0 Å². The number of benzene rings is 1. The number of fused-ring (bicyclic) bond motifs is 1. The van der Waals surface area contributed by atoms with Gasteiger partial charge in [0, 0.05) is 34.2 Å². The molecule has 1 saturated heterocycles. The lowest BCUT2D eigenvalue weighted by molar-refractivity contribution is -0.277. The number of carbonyl (C=O) groups excluding carboxylic acids is 6. The lowest BCUT2D eigenvalue weighted by atomic mass is 9.96. The highest BCUT2D eigenvalue weighted by molar-refractivity contribution is 6.21. The summed E-state index contributed by atoms with van der Waals surface area (Å²) >= 11 is 0. The summed E-state index contributed by atoms with van der Waals surface area (Å²) < 4.78 is 27.5. The molecule has 13 heteroatoms. The van der Waals surface area contributed by atoms with Gasteiger partial charge in [-0.2, -0.15) is 0 Å². The van der Waals surface area contributed by atoms with Gasteiger partial charge < -0.3 is 29.0 Å². The van der Waals surface area contributed by atoms with Crippen LogP contribution < -0.4 is 5.32 Å². The fourth-order valence-corrected chi connectivity index (χ4v) is 4.30. The van der Waals surface area contributed by atoms with Crippen molar-refractivity contribution in [2.24, 2.45) is 0 Å². The lowest BCUT2D eigenvalue weighted by Gasteiger charge is -2.45. The second kappa shape index (κ2) is 12.6. The zero-order valence-electron chi connectivity index (χ0n) is 21.5. The second-order valence-corrected chi connectivity index (χ2v) is 8.75. The summed E-state index contributed by atoms with van der Waals surface area (Å²) in [6.45, 7) is 4.37. The maximum atomic E-state index is 12.6. The molecule has 5 atom stereocenters. The molecule has 1 aromatic rings. The van der Waals surface area contributed by atoms with E-state index in [9.17, 15) is 28.8 Å². The largest absolute Gasteiger partial charge is 0.463 e. The van der Waals surface area contributed by atoms with E-state index in [0.717, 1.165) is 18.7 Å². The van der Waals surface area contributed by atoms with Crippen LogP contribution in [0.25, 0.3) is 0 Å². The van der Waals surface area contributed by atoms with E-state index in [-0.39, 0.29) is 26.2 Å². The summed E-state index contributed by atoms with van der Waals surface area (Å²) in [6, 6.07) is 5.41. The monoisotopic (exact) mass is 534 g/mol. The minimum Gasteiger partial charge on any atom is -0.463 e. The van der Waals surface area contributed by atoms with Gasteiger partial charge in [0.15, 0.2) is 18.5 Å². The van der Waals surface area contributed by atoms with Crippen LogP contribution in [0.3, 0.4) is 0 Å². The van der Waals surface area contributed by atoms with Crippen LogP contribution in [0.15, 0.2) is 24.3 Å². The molecule has 38 heavy (non-hydrogen) atoms. The minimum atomic E-state index is -1.24. The fraction of sp³-hybridized carbons (Fsp3) is 0.520. The van der Waals surface area contributed by atoms with Crippen LogP contribution in [0.1, 0.15) is 54.8 Å². The molecule has 206 valence electrons. The second-order valence-electron chi connectivity index (χ2n) is 8.75. The Labute approximate surface area is 218 Å². The quantitative estimate of drug-likeness (QED) is 0.191. The fourth-order valence-electron chi connectivity index (χ4n) is 4.30. The van der Waals surface area contributed by atoms with Crippen LogP contribution >= 0.6 is 0 Å². The zero-order chi connectivity index (χ0) is 28.0. The summed E-state index contributed by atoms with van der Waals surface area (Å²) in [5, 5.41) is 2.60. The predicted octanol–water partition coefficient (Wildman–Crippen LogP) is 0.345. The van der Waals surface area contributed by atoms with Crippen molar-refractivity contribution >= 4 is 35.6 Å². The Morgan fingerprint density at radius 3 is 2.00 bits per heavy atom. The van der Waals surface area contributed by atoms with E-state index in [2.05, 4.69) is 5.32 Å². The Balaban J connectivity index is 1.74. The molecule has 2 aliphatic heterocycles.